The normalized spacial score (nSPS) is 11.3. The van der Waals surface area contributed by atoms with Gasteiger partial charge in [-0.2, -0.15) is 9.61 Å². The molecule has 0 saturated carbocycles. The van der Waals surface area contributed by atoms with Crippen molar-refractivity contribution in [3.8, 4) is 38.5 Å². The summed E-state index contributed by atoms with van der Waals surface area (Å²) in [7, 11) is 1.64. The monoisotopic (exact) mass is 381 g/mol. The van der Waals surface area contributed by atoms with Gasteiger partial charge < -0.3 is 9.26 Å². The lowest BCUT2D eigenvalue weighted by Gasteiger charge is -1.99. The van der Waals surface area contributed by atoms with E-state index in [-0.39, 0.29) is 0 Å². The second-order valence-electron chi connectivity index (χ2n) is 5.41. The summed E-state index contributed by atoms with van der Waals surface area (Å²) in [6, 6.07) is 13.5. The summed E-state index contributed by atoms with van der Waals surface area (Å²) in [6.07, 6.45) is 0. The van der Waals surface area contributed by atoms with Gasteiger partial charge in [0, 0.05) is 11.6 Å². The molecule has 128 valence electrons. The van der Waals surface area contributed by atoms with Gasteiger partial charge in [-0.25, -0.2) is 0 Å². The van der Waals surface area contributed by atoms with E-state index in [4.69, 9.17) is 9.26 Å². The Labute approximate surface area is 155 Å². The van der Waals surface area contributed by atoms with E-state index in [9.17, 15) is 0 Å². The molecule has 0 N–H and O–H groups in total. The number of thiophene rings is 1. The molecule has 5 aromatic rings. The van der Waals surface area contributed by atoms with Crippen molar-refractivity contribution in [1.29, 1.82) is 0 Å². The maximum absolute atomic E-state index is 5.49. The van der Waals surface area contributed by atoms with E-state index in [1.54, 1.807) is 23.0 Å². The number of nitrogens with zero attached hydrogens (tertiary/aromatic N) is 5. The number of ether oxygens (including phenoxy) is 1. The minimum absolute atomic E-state index is 0.670. The van der Waals surface area contributed by atoms with Gasteiger partial charge >= 0.3 is 0 Å². The first-order valence-electron chi connectivity index (χ1n) is 7.69. The topological polar surface area (TPSA) is 78.3 Å². The maximum atomic E-state index is 5.49. The molecule has 0 aliphatic heterocycles. The predicted molar refractivity (Wildman–Crippen MR) is 99.5 cm³/mol. The van der Waals surface area contributed by atoms with Gasteiger partial charge in [-0.3, -0.25) is 0 Å². The third-order valence-electron chi connectivity index (χ3n) is 3.84. The first-order valence-corrected chi connectivity index (χ1v) is 9.39. The number of aromatic nitrogens is 5. The van der Waals surface area contributed by atoms with Crippen LogP contribution in [0.25, 0.3) is 37.7 Å². The number of fused-ring (bicyclic) bond motifs is 1. The summed E-state index contributed by atoms with van der Waals surface area (Å²) in [5.41, 5.74) is 1.59. The van der Waals surface area contributed by atoms with Crippen molar-refractivity contribution in [1.82, 2.24) is 25.0 Å². The van der Waals surface area contributed by atoms with Crippen LogP contribution in [0.3, 0.4) is 0 Å². The van der Waals surface area contributed by atoms with Gasteiger partial charge in [-0.15, -0.1) is 21.5 Å². The van der Waals surface area contributed by atoms with Crippen molar-refractivity contribution >= 4 is 27.6 Å². The van der Waals surface area contributed by atoms with Crippen LogP contribution in [-0.4, -0.2) is 32.1 Å². The van der Waals surface area contributed by atoms with Crippen LogP contribution in [0.15, 0.2) is 52.4 Å². The van der Waals surface area contributed by atoms with Gasteiger partial charge in [0.1, 0.15) is 11.4 Å². The average Bonchev–Trinajstić information content (AvgIpc) is 3.44. The van der Waals surface area contributed by atoms with Crippen molar-refractivity contribution in [3.63, 3.8) is 0 Å². The highest BCUT2D eigenvalue weighted by Crippen LogP contribution is 2.31. The number of benzene rings is 1. The Morgan fingerprint density at radius 1 is 1.12 bits per heavy atom. The first-order chi connectivity index (χ1) is 12.8. The minimum Gasteiger partial charge on any atom is -0.497 e. The molecule has 0 radical (unpaired) electrons. The van der Waals surface area contributed by atoms with Crippen molar-refractivity contribution in [2.24, 2.45) is 0 Å². The molecule has 0 aliphatic carbocycles. The molecule has 9 heteroatoms. The molecule has 0 fully saturated rings. The van der Waals surface area contributed by atoms with E-state index in [1.807, 2.05) is 47.8 Å². The summed E-state index contributed by atoms with van der Waals surface area (Å²) in [4.78, 5) is 1.74. The minimum atomic E-state index is 0.670. The van der Waals surface area contributed by atoms with Gasteiger partial charge in [0.2, 0.25) is 4.96 Å². The van der Waals surface area contributed by atoms with E-state index in [0.29, 0.717) is 11.5 Å². The SMILES string of the molecule is COc1ccc(-c2cc(-c3nn4c(-c5cccs5)nnc4s3)no2)cc1. The molecule has 1 aromatic carbocycles. The molecule has 26 heavy (non-hydrogen) atoms. The standard InChI is InChI=1S/C17H11N5O2S2/c1-23-11-6-4-10(5-7-11)13-9-12(21-24-13)16-20-22-15(14-3-2-8-25-14)18-19-17(22)26-16/h2-9H,1H3. The van der Waals surface area contributed by atoms with Crippen LogP contribution in [0.4, 0.5) is 0 Å². The second-order valence-corrected chi connectivity index (χ2v) is 7.31. The van der Waals surface area contributed by atoms with Gasteiger partial charge in [-0.05, 0) is 35.7 Å². The molecule has 7 nitrogen and oxygen atoms in total. The molecule has 0 aliphatic rings. The van der Waals surface area contributed by atoms with E-state index < -0.39 is 0 Å². The molecule has 0 saturated heterocycles. The average molecular weight is 381 g/mol. The van der Waals surface area contributed by atoms with E-state index in [0.717, 1.165) is 32.0 Å². The van der Waals surface area contributed by atoms with Crippen LogP contribution in [0.1, 0.15) is 0 Å². The Bertz CT molecular complexity index is 1170. The first kappa shape index (κ1) is 15.2. The lowest BCUT2D eigenvalue weighted by atomic mass is 10.1. The van der Waals surface area contributed by atoms with Gasteiger partial charge in [0.05, 0.1) is 12.0 Å². The largest absolute Gasteiger partial charge is 0.497 e. The molecule has 0 amide bonds. The Balaban J connectivity index is 1.51. The van der Waals surface area contributed by atoms with Crippen LogP contribution >= 0.6 is 22.7 Å². The molecule has 5 rings (SSSR count). The summed E-state index contributed by atoms with van der Waals surface area (Å²) < 4.78 is 12.4. The number of hydrogen-bond acceptors (Lipinski definition) is 8. The number of hydrogen-bond donors (Lipinski definition) is 0. The third-order valence-corrected chi connectivity index (χ3v) is 5.62. The number of methoxy groups -OCH3 is 1. The zero-order chi connectivity index (χ0) is 17.5. The highest BCUT2D eigenvalue weighted by atomic mass is 32.1. The molecular weight excluding hydrogens is 370 g/mol. The Kier molecular flexibility index (Phi) is 3.54. The lowest BCUT2D eigenvalue weighted by molar-refractivity contribution is 0.414. The zero-order valence-electron chi connectivity index (χ0n) is 13.5. The quantitative estimate of drug-likeness (QED) is 0.463. The Hall–Kier alpha value is -3.04. The van der Waals surface area contributed by atoms with Crippen LogP contribution in [0.2, 0.25) is 0 Å². The van der Waals surface area contributed by atoms with Crippen LogP contribution < -0.4 is 4.74 Å². The fourth-order valence-corrected chi connectivity index (χ4v) is 4.03. The van der Waals surface area contributed by atoms with Crippen molar-refractivity contribution in [3.05, 3.63) is 47.8 Å². The van der Waals surface area contributed by atoms with Gasteiger partial charge in [0.25, 0.3) is 0 Å². The smallest absolute Gasteiger partial charge is 0.235 e. The lowest BCUT2D eigenvalue weighted by Crippen LogP contribution is -1.88. The second kappa shape index (κ2) is 6.04. The fourth-order valence-electron chi connectivity index (χ4n) is 2.55. The van der Waals surface area contributed by atoms with E-state index in [2.05, 4.69) is 20.5 Å². The molecule has 0 spiro atoms. The van der Waals surface area contributed by atoms with Gasteiger partial charge in [0.15, 0.2) is 16.6 Å². The van der Waals surface area contributed by atoms with Crippen LogP contribution in [-0.2, 0) is 0 Å². The van der Waals surface area contributed by atoms with Crippen molar-refractivity contribution in [2.75, 3.05) is 7.11 Å². The molecular formula is C17H11N5O2S2. The Morgan fingerprint density at radius 3 is 2.77 bits per heavy atom. The summed E-state index contributed by atoms with van der Waals surface area (Å²) >= 11 is 3.03. The summed E-state index contributed by atoms with van der Waals surface area (Å²) in [5.74, 6) is 2.20. The summed E-state index contributed by atoms with van der Waals surface area (Å²) in [5, 5.41) is 19.9. The number of rotatable bonds is 4. The molecule has 4 heterocycles. The fraction of sp³-hybridized carbons (Fsp3) is 0.0588. The molecule has 4 aromatic heterocycles. The Morgan fingerprint density at radius 2 is 2.00 bits per heavy atom. The van der Waals surface area contributed by atoms with E-state index >= 15 is 0 Å². The van der Waals surface area contributed by atoms with Gasteiger partial charge in [-0.1, -0.05) is 22.6 Å². The maximum Gasteiger partial charge on any atom is 0.235 e. The van der Waals surface area contributed by atoms with E-state index in [1.165, 1.54) is 11.3 Å². The van der Waals surface area contributed by atoms with Crippen molar-refractivity contribution in [2.45, 2.75) is 0 Å². The molecule has 0 unspecified atom stereocenters. The predicted octanol–water partition coefficient (Wildman–Crippen LogP) is 4.24. The molecule has 0 bridgehead atoms. The third kappa shape index (κ3) is 2.49. The van der Waals surface area contributed by atoms with Crippen LogP contribution in [0.5, 0.6) is 5.75 Å². The van der Waals surface area contributed by atoms with Crippen molar-refractivity contribution < 1.29 is 9.26 Å². The highest BCUT2D eigenvalue weighted by Gasteiger charge is 2.18. The highest BCUT2D eigenvalue weighted by molar-refractivity contribution is 7.19. The van der Waals surface area contributed by atoms with Crippen LogP contribution in [0, 0.1) is 0 Å². The zero-order valence-corrected chi connectivity index (χ0v) is 15.1. The summed E-state index contributed by atoms with van der Waals surface area (Å²) in [6.45, 7) is 0. The molecule has 0 atom stereocenters.